The van der Waals surface area contributed by atoms with E-state index in [2.05, 4.69) is 41.9 Å². The van der Waals surface area contributed by atoms with Crippen molar-refractivity contribution in [2.45, 2.75) is 50.7 Å². The first kappa shape index (κ1) is 22.1. The summed E-state index contributed by atoms with van der Waals surface area (Å²) in [5.41, 5.74) is 2.27. The van der Waals surface area contributed by atoms with Crippen LogP contribution in [-0.2, 0) is 10.2 Å². The second-order valence-electron chi connectivity index (χ2n) is 9.51. The number of hydrogen-bond donors (Lipinski definition) is 3. The van der Waals surface area contributed by atoms with E-state index in [1.807, 2.05) is 25.1 Å². The zero-order chi connectivity index (χ0) is 24.2. The van der Waals surface area contributed by atoms with Crippen LogP contribution in [0.2, 0.25) is 0 Å². The molecule has 3 aromatic rings. The number of nitriles is 1. The molecule has 0 radical (unpaired) electrons. The minimum atomic E-state index is -3.54. The van der Waals surface area contributed by atoms with Gasteiger partial charge in [0.25, 0.3) is 10.2 Å². The Kier molecular flexibility index (Phi) is 5.32. The molecule has 3 fully saturated rings. The summed E-state index contributed by atoms with van der Waals surface area (Å²) in [4.78, 5) is 13.8. The summed E-state index contributed by atoms with van der Waals surface area (Å²) < 4.78 is 29.5. The zero-order valence-corrected chi connectivity index (χ0v) is 20.0. The highest BCUT2D eigenvalue weighted by Crippen LogP contribution is 2.40. The molecule has 0 spiro atoms. The first-order valence-electron chi connectivity index (χ1n) is 11.8. The molecule has 3 N–H and O–H groups in total. The van der Waals surface area contributed by atoms with E-state index in [0.717, 1.165) is 18.5 Å². The SMILES string of the molecule is Cc1cc(Nc2nc(NC3C[C@H]4CC[C@@H](C3)N4S(=O)(=O)N3CC(C#N)C3)nc3cccnc23)n[nH]1. The summed E-state index contributed by atoms with van der Waals surface area (Å²) in [6.45, 7) is 2.51. The van der Waals surface area contributed by atoms with Crippen molar-refractivity contribution in [3.63, 3.8) is 0 Å². The van der Waals surface area contributed by atoms with Crippen LogP contribution in [0, 0.1) is 24.2 Å². The summed E-state index contributed by atoms with van der Waals surface area (Å²) in [5, 5.41) is 22.8. The number of anilines is 3. The fourth-order valence-electron chi connectivity index (χ4n) is 5.38. The van der Waals surface area contributed by atoms with Gasteiger partial charge in [0.2, 0.25) is 5.95 Å². The molecule has 0 amide bonds. The number of nitrogens with one attached hydrogen (secondary N) is 3. The molecule has 13 heteroatoms. The van der Waals surface area contributed by atoms with Crippen LogP contribution in [0.25, 0.3) is 11.0 Å². The van der Waals surface area contributed by atoms with Gasteiger partial charge in [-0.3, -0.25) is 10.1 Å². The van der Waals surface area contributed by atoms with Gasteiger partial charge in [0.05, 0.1) is 17.5 Å². The van der Waals surface area contributed by atoms with E-state index in [0.29, 0.717) is 54.5 Å². The number of fused-ring (bicyclic) bond motifs is 3. The molecule has 2 bridgehead atoms. The van der Waals surface area contributed by atoms with E-state index in [1.54, 1.807) is 10.5 Å². The minimum absolute atomic E-state index is 0.0526. The van der Waals surface area contributed by atoms with E-state index in [4.69, 9.17) is 5.26 Å². The summed E-state index contributed by atoms with van der Waals surface area (Å²) in [6.07, 6.45) is 4.74. The van der Waals surface area contributed by atoms with Crippen molar-refractivity contribution < 1.29 is 8.42 Å². The molecule has 1 unspecified atom stereocenters. The maximum atomic E-state index is 13.2. The Morgan fingerprint density at radius 1 is 1.20 bits per heavy atom. The third-order valence-corrected chi connectivity index (χ3v) is 9.11. The zero-order valence-electron chi connectivity index (χ0n) is 19.2. The van der Waals surface area contributed by atoms with E-state index >= 15 is 0 Å². The van der Waals surface area contributed by atoms with E-state index < -0.39 is 10.2 Å². The number of aromatic amines is 1. The summed E-state index contributed by atoms with van der Waals surface area (Å²) in [7, 11) is -3.54. The Bertz CT molecular complexity index is 1400. The lowest BCUT2D eigenvalue weighted by Crippen LogP contribution is -2.59. The van der Waals surface area contributed by atoms with Gasteiger partial charge in [0.1, 0.15) is 5.52 Å². The van der Waals surface area contributed by atoms with E-state index in [-0.39, 0.29) is 24.0 Å². The van der Waals surface area contributed by atoms with Crippen LogP contribution in [0.5, 0.6) is 0 Å². The second-order valence-corrected chi connectivity index (χ2v) is 11.3. The molecule has 0 saturated carbocycles. The van der Waals surface area contributed by atoms with Crippen molar-refractivity contribution in [1.82, 2.24) is 33.8 Å². The average molecular weight is 495 g/mol. The molecule has 0 aliphatic carbocycles. The molecule has 3 aromatic heterocycles. The first-order chi connectivity index (χ1) is 16.9. The predicted molar refractivity (Wildman–Crippen MR) is 129 cm³/mol. The standard InChI is InChI=1S/C22H26N10O2S/c1-13-7-19(30-29-13)27-21-20-18(3-2-6-24-20)26-22(28-21)25-15-8-16-4-5-17(9-15)32(16)35(33,34)31-11-14(10-23)12-31/h2-3,6-7,14-17H,4-5,8-9,11-12H2,1H3,(H3,25,26,27,28,29,30)/t15?,16-,17+. The highest BCUT2D eigenvalue weighted by Gasteiger charge is 2.51. The molecule has 3 aliphatic heterocycles. The summed E-state index contributed by atoms with van der Waals surface area (Å²) >= 11 is 0. The first-order valence-corrected chi connectivity index (χ1v) is 13.2. The topological polar surface area (TPSA) is 156 Å². The monoisotopic (exact) mass is 494 g/mol. The third kappa shape index (κ3) is 3.97. The number of hydrogen-bond acceptors (Lipinski definition) is 9. The van der Waals surface area contributed by atoms with Crippen molar-refractivity contribution in [3.8, 4) is 6.07 Å². The van der Waals surface area contributed by atoms with Crippen LogP contribution in [-0.4, -0.2) is 73.4 Å². The van der Waals surface area contributed by atoms with Crippen LogP contribution in [0.4, 0.5) is 17.6 Å². The summed E-state index contributed by atoms with van der Waals surface area (Å²) in [5.74, 6) is 1.47. The molecule has 3 aliphatic rings. The highest BCUT2D eigenvalue weighted by molar-refractivity contribution is 7.86. The van der Waals surface area contributed by atoms with Crippen molar-refractivity contribution in [2.75, 3.05) is 23.7 Å². The molecular formula is C22H26N10O2S. The van der Waals surface area contributed by atoms with Crippen molar-refractivity contribution >= 4 is 38.8 Å². The van der Waals surface area contributed by atoms with Gasteiger partial charge in [-0.05, 0) is 44.7 Å². The Morgan fingerprint density at radius 2 is 1.97 bits per heavy atom. The number of pyridine rings is 1. The van der Waals surface area contributed by atoms with Gasteiger partial charge in [-0.2, -0.15) is 32.4 Å². The third-order valence-electron chi connectivity index (χ3n) is 7.03. The Labute approximate surface area is 202 Å². The van der Waals surface area contributed by atoms with Crippen molar-refractivity contribution in [1.29, 1.82) is 5.26 Å². The lowest BCUT2D eigenvalue weighted by Gasteiger charge is -2.43. The van der Waals surface area contributed by atoms with Crippen LogP contribution >= 0.6 is 0 Å². The molecule has 35 heavy (non-hydrogen) atoms. The lowest BCUT2D eigenvalue weighted by atomic mass is 10.00. The normalized spacial score (nSPS) is 25.3. The van der Waals surface area contributed by atoms with Gasteiger partial charge in [-0.15, -0.1) is 0 Å². The maximum absolute atomic E-state index is 13.2. The van der Waals surface area contributed by atoms with E-state index in [1.165, 1.54) is 4.31 Å². The molecule has 6 rings (SSSR count). The quantitative estimate of drug-likeness (QED) is 0.466. The number of aryl methyl sites for hydroxylation is 1. The fraction of sp³-hybridized carbons (Fsp3) is 0.500. The Balaban J connectivity index is 1.21. The fourth-order valence-corrected chi connectivity index (χ4v) is 7.51. The van der Waals surface area contributed by atoms with Crippen molar-refractivity contribution in [3.05, 3.63) is 30.1 Å². The summed E-state index contributed by atoms with van der Waals surface area (Å²) in [6, 6.07) is 7.67. The molecule has 0 aromatic carbocycles. The van der Waals surface area contributed by atoms with Gasteiger partial charge < -0.3 is 10.6 Å². The van der Waals surface area contributed by atoms with Crippen LogP contribution in [0.15, 0.2) is 24.4 Å². The molecule has 3 atom stereocenters. The number of aromatic nitrogens is 5. The van der Waals surface area contributed by atoms with Crippen LogP contribution in [0.1, 0.15) is 31.4 Å². The van der Waals surface area contributed by atoms with Gasteiger partial charge in [0.15, 0.2) is 11.6 Å². The van der Waals surface area contributed by atoms with Crippen LogP contribution in [0.3, 0.4) is 0 Å². The van der Waals surface area contributed by atoms with Gasteiger partial charge in [-0.1, -0.05) is 0 Å². The number of piperidine rings is 1. The smallest absolute Gasteiger partial charge is 0.282 e. The maximum Gasteiger partial charge on any atom is 0.282 e. The largest absolute Gasteiger partial charge is 0.351 e. The predicted octanol–water partition coefficient (Wildman–Crippen LogP) is 1.91. The Hall–Kier alpha value is -3.34. The second kappa shape index (κ2) is 8.40. The minimum Gasteiger partial charge on any atom is -0.351 e. The van der Waals surface area contributed by atoms with E-state index in [9.17, 15) is 8.42 Å². The molecule has 3 saturated heterocycles. The van der Waals surface area contributed by atoms with Gasteiger partial charge in [0, 0.05) is 49.2 Å². The number of H-pyrrole nitrogens is 1. The van der Waals surface area contributed by atoms with Crippen molar-refractivity contribution in [2.24, 2.45) is 5.92 Å². The highest BCUT2D eigenvalue weighted by atomic mass is 32.2. The van der Waals surface area contributed by atoms with Crippen LogP contribution < -0.4 is 10.6 Å². The molecule has 6 heterocycles. The van der Waals surface area contributed by atoms with Gasteiger partial charge >= 0.3 is 0 Å². The Morgan fingerprint density at radius 3 is 2.66 bits per heavy atom. The lowest BCUT2D eigenvalue weighted by molar-refractivity contribution is 0.182. The number of rotatable bonds is 6. The molecule has 182 valence electrons. The molecule has 12 nitrogen and oxygen atoms in total. The van der Waals surface area contributed by atoms with Gasteiger partial charge in [-0.25, -0.2) is 4.98 Å². The number of nitrogens with zero attached hydrogens (tertiary/aromatic N) is 7. The molecular weight excluding hydrogens is 468 g/mol. The average Bonchev–Trinajstić information content (AvgIpc) is 3.33.